The van der Waals surface area contributed by atoms with Gasteiger partial charge in [-0.3, -0.25) is 9.59 Å². The SMILES string of the molecule is C=CCn1c(SCC(=O)Nc2ccccc2C)nnc1C(C)NC(=O)c1ccc(Cl)cc1Cl. The quantitative estimate of drug-likeness (QED) is 0.305. The van der Waals surface area contributed by atoms with Crippen molar-refractivity contribution in [3.05, 3.63) is 82.1 Å². The lowest BCUT2D eigenvalue weighted by Gasteiger charge is -2.16. The van der Waals surface area contributed by atoms with Gasteiger partial charge in [-0.15, -0.1) is 16.8 Å². The Morgan fingerprint density at radius 1 is 1.21 bits per heavy atom. The summed E-state index contributed by atoms with van der Waals surface area (Å²) in [6.45, 7) is 7.94. The third-order valence-corrected chi connectivity index (χ3v) is 6.23. The average molecular weight is 504 g/mol. The van der Waals surface area contributed by atoms with Crippen molar-refractivity contribution in [3.63, 3.8) is 0 Å². The summed E-state index contributed by atoms with van der Waals surface area (Å²) in [5.41, 5.74) is 2.07. The Labute approximate surface area is 206 Å². The molecule has 0 aliphatic carbocycles. The molecule has 3 aromatic rings. The highest BCUT2D eigenvalue weighted by atomic mass is 35.5. The second-order valence-electron chi connectivity index (χ2n) is 7.21. The molecule has 1 heterocycles. The van der Waals surface area contributed by atoms with E-state index < -0.39 is 6.04 Å². The molecule has 10 heteroatoms. The number of amides is 2. The first kappa shape index (κ1) is 24.8. The lowest BCUT2D eigenvalue weighted by Crippen LogP contribution is -2.29. The predicted molar refractivity (Wildman–Crippen MR) is 133 cm³/mol. The van der Waals surface area contributed by atoms with Gasteiger partial charge in [0.15, 0.2) is 11.0 Å². The molecule has 0 saturated heterocycles. The minimum absolute atomic E-state index is 0.150. The number of thioether (sulfide) groups is 1. The van der Waals surface area contributed by atoms with E-state index in [-0.39, 0.29) is 22.6 Å². The zero-order valence-electron chi connectivity index (χ0n) is 18.1. The first-order valence-electron chi connectivity index (χ1n) is 10.1. The van der Waals surface area contributed by atoms with Gasteiger partial charge in [-0.25, -0.2) is 0 Å². The van der Waals surface area contributed by atoms with Crippen LogP contribution in [0, 0.1) is 6.92 Å². The smallest absolute Gasteiger partial charge is 0.253 e. The molecule has 0 aliphatic rings. The third-order valence-electron chi connectivity index (χ3n) is 4.72. The van der Waals surface area contributed by atoms with Crippen LogP contribution in [0.1, 0.15) is 34.7 Å². The fourth-order valence-corrected chi connectivity index (χ4v) is 4.32. The first-order chi connectivity index (χ1) is 15.8. The number of allylic oxidation sites excluding steroid dienone is 1. The summed E-state index contributed by atoms with van der Waals surface area (Å²) in [6.07, 6.45) is 1.70. The molecule has 1 unspecified atom stereocenters. The van der Waals surface area contributed by atoms with Gasteiger partial charge in [-0.1, -0.05) is 59.2 Å². The molecule has 172 valence electrons. The fraction of sp³-hybridized carbons (Fsp3) is 0.217. The number of nitrogens with zero attached hydrogens (tertiary/aromatic N) is 3. The number of carbonyl (C=O) groups excluding carboxylic acids is 2. The molecule has 0 bridgehead atoms. The van der Waals surface area contributed by atoms with Gasteiger partial charge in [0, 0.05) is 17.3 Å². The summed E-state index contributed by atoms with van der Waals surface area (Å²) in [6, 6.07) is 11.8. The summed E-state index contributed by atoms with van der Waals surface area (Å²) in [5.74, 6) is 0.187. The summed E-state index contributed by atoms with van der Waals surface area (Å²) in [5, 5.41) is 15.5. The predicted octanol–water partition coefficient (Wildman–Crippen LogP) is 5.30. The van der Waals surface area contributed by atoms with Gasteiger partial charge in [-0.05, 0) is 43.7 Å². The van der Waals surface area contributed by atoms with Crippen LogP contribution in [0.3, 0.4) is 0 Å². The van der Waals surface area contributed by atoms with Crippen molar-refractivity contribution in [1.82, 2.24) is 20.1 Å². The van der Waals surface area contributed by atoms with Crippen molar-refractivity contribution in [2.75, 3.05) is 11.1 Å². The van der Waals surface area contributed by atoms with Crippen LogP contribution in [0.5, 0.6) is 0 Å². The van der Waals surface area contributed by atoms with E-state index in [9.17, 15) is 9.59 Å². The molecular weight excluding hydrogens is 481 g/mol. The molecule has 2 amide bonds. The largest absolute Gasteiger partial charge is 0.342 e. The summed E-state index contributed by atoms with van der Waals surface area (Å²) in [7, 11) is 0. The Kier molecular flexibility index (Phi) is 8.55. The molecular formula is C23H23Cl2N5O2S. The van der Waals surface area contributed by atoms with E-state index >= 15 is 0 Å². The topological polar surface area (TPSA) is 88.9 Å². The zero-order chi connectivity index (χ0) is 24.0. The Bertz CT molecular complexity index is 1180. The Hall–Kier alpha value is -2.81. The lowest BCUT2D eigenvalue weighted by molar-refractivity contribution is -0.113. The number of para-hydroxylation sites is 1. The van der Waals surface area contributed by atoms with E-state index in [0.29, 0.717) is 28.1 Å². The third kappa shape index (κ3) is 6.37. The standard InChI is InChI=1S/C23H23Cl2N5O2S/c1-4-11-30-21(15(3)26-22(32)17-10-9-16(24)12-18(17)25)28-29-23(30)33-13-20(31)27-19-8-6-5-7-14(19)2/h4-10,12,15H,1,11,13H2,2-3H3,(H,26,32)(H,27,31). The number of rotatable bonds is 9. The molecule has 0 spiro atoms. The summed E-state index contributed by atoms with van der Waals surface area (Å²) < 4.78 is 1.81. The molecule has 0 saturated carbocycles. The van der Waals surface area contributed by atoms with Crippen LogP contribution in [-0.2, 0) is 11.3 Å². The van der Waals surface area contributed by atoms with Crippen LogP contribution in [0.4, 0.5) is 5.69 Å². The Morgan fingerprint density at radius 3 is 2.67 bits per heavy atom. The molecule has 33 heavy (non-hydrogen) atoms. The van der Waals surface area contributed by atoms with E-state index in [0.717, 1.165) is 11.3 Å². The minimum Gasteiger partial charge on any atom is -0.342 e. The Balaban J connectivity index is 1.69. The van der Waals surface area contributed by atoms with Gasteiger partial charge in [-0.2, -0.15) is 0 Å². The second-order valence-corrected chi connectivity index (χ2v) is 9.00. The van der Waals surface area contributed by atoms with E-state index in [1.165, 1.54) is 17.8 Å². The summed E-state index contributed by atoms with van der Waals surface area (Å²) >= 11 is 13.3. The number of hydrogen-bond donors (Lipinski definition) is 2. The number of aryl methyl sites for hydroxylation is 1. The van der Waals surface area contributed by atoms with Gasteiger partial charge in [0.05, 0.1) is 22.4 Å². The van der Waals surface area contributed by atoms with Crippen molar-refractivity contribution in [2.24, 2.45) is 0 Å². The number of hydrogen-bond acceptors (Lipinski definition) is 5. The maximum absolute atomic E-state index is 12.7. The van der Waals surface area contributed by atoms with E-state index in [4.69, 9.17) is 23.2 Å². The first-order valence-corrected chi connectivity index (χ1v) is 11.8. The molecule has 1 atom stereocenters. The van der Waals surface area contributed by atoms with Crippen molar-refractivity contribution >= 4 is 52.5 Å². The van der Waals surface area contributed by atoms with Crippen LogP contribution in [0.15, 0.2) is 60.3 Å². The second kappa shape index (κ2) is 11.4. The van der Waals surface area contributed by atoms with Gasteiger partial charge < -0.3 is 15.2 Å². The molecule has 7 nitrogen and oxygen atoms in total. The molecule has 3 rings (SSSR count). The molecule has 1 aromatic heterocycles. The van der Waals surface area contributed by atoms with Gasteiger partial charge in [0.2, 0.25) is 5.91 Å². The summed E-state index contributed by atoms with van der Waals surface area (Å²) in [4.78, 5) is 25.1. The van der Waals surface area contributed by atoms with Crippen molar-refractivity contribution in [2.45, 2.75) is 31.6 Å². The van der Waals surface area contributed by atoms with E-state index in [1.807, 2.05) is 35.8 Å². The fourth-order valence-electron chi connectivity index (χ4n) is 3.07. The number of halogens is 2. The number of carbonyl (C=O) groups is 2. The van der Waals surface area contributed by atoms with E-state index in [2.05, 4.69) is 27.4 Å². The highest BCUT2D eigenvalue weighted by molar-refractivity contribution is 7.99. The zero-order valence-corrected chi connectivity index (χ0v) is 20.5. The maximum Gasteiger partial charge on any atom is 0.253 e. The highest BCUT2D eigenvalue weighted by Gasteiger charge is 2.21. The molecule has 2 aromatic carbocycles. The monoisotopic (exact) mass is 503 g/mol. The minimum atomic E-state index is -0.466. The van der Waals surface area contributed by atoms with Crippen molar-refractivity contribution in [3.8, 4) is 0 Å². The molecule has 0 radical (unpaired) electrons. The average Bonchev–Trinajstić information content (AvgIpc) is 3.17. The van der Waals surface area contributed by atoms with Crippen LogP contribution in [-0.4, -0.2) is 32.3 Å². The lowest BCUT2D eigenvalue weighted by atomic mass is 10.2. The van der Waals surface area contributed by atoms with Crippen LogP contribution in [0.2, 0.25) is 10.0 Å². The molecule has 2 N–H and O–H groups in total. The van der Waals surface area contributed by atoms with Crippen LogP contribution in [0.25, 0.3) is 0 Å². The van der Waals surface area contributed by atoms with Crippen molar-refractivity contribution in [1.29, 1.82) is 0 Å². The number of anilines is 1. The number of aromatic nitrogens is 3. The molecule has 0 aliphatic heterocycles. The van der Waals surface area contributed by atoms with Gasteiger partial charge >= 0.3 is 0 Å². The number of benzene rings is 2. The van der Waals surface area contributed by atoms with Gasteiger partial charge in [0.1, 0.15) is 0 Å². The highest BCUT2D eigenvalue weighted by Crippen LogP contribution is 2.24. The van der Waals surface area contributed by atoms with Crippen LogP contribution >= 0.6 is 35.0 Å². The van der Waals surface area contributed by atoms with Crippen LogP contribution < -0.4 is 10.6 Å². The van der Waals surface area contributed by atoms with E-state index in [1.54, 1.807) is 25.1 Å². The van der Waals surface area contributed by atoms with Crippen molar-refractivity contribution < 1.29 is 9.59 Å². The van der Waals surface area contributed by atoms with Gasteiger partial charge in [0.25, 0.3) is 5.91 Å². The molecule has 0 fully saturated rings. The Morgan fingerprint density at radius 2 is 1.97 bits per heavy atom. The maximum atomic E-state index is 12.7. The normalized spacial score (nSPS) is 11.6. The number of nitrogens with one attached hydrogen (secondary N) is 2.